The summed E-state index contributed by atoms with van der Waals surface area (Å²) in [5.74, 6) is 0.292. The van der Waals surface area contributed by atoms with Crippen molar-refractivity contribution in [3.63, 3.8) is 0 Å². The molecular weight excluding hydrogens is 366 g/mol. The van der Waals surface area contributed by atoms with Crippen LogP contribution in [0.25, 0.3) is 28.0 Å². The van der Waals surface area contributed by atoms with Gasteiger partial charge >= 0.3 is 0 Å². The third-order valence-electron chi connectivity index (χ3n) is 5.78. The van der Waals surface area contributed by atoms with Crippen LogP contribution in [0.15, 0.2) is 43.2 Å². The van der Waals surface area contributed by atoms with Gasteiger partial charge in [-0.1, -0.05) is 13.8 Å². The van der Waals surface area contributed by atoms with E-state index in [1.54, 1.807) is 12.4 Å². The number of rotatable bonds is 6. The Labute approximate surface area is 168 Å². The first kappa shape index (κ1) is 17.8. The number of hydrogen-bond acceptors (Lipinski definition) is 5. The van der Waals surface area contributed by atoms with E-state index in [1.807, 2.05) is 38.5 Å². The van der Waals surface area contributed by atoms with E-state index in [9.17, 15) is 4.79 Å². The van der Waals surface area contributed by atoms with Crippen LogP contribution in [-0.2, 0) is 4.79 Å². The van der Waals surface area contributed by atoms with Gasteiger partial charge in [-0.3, -0.25) is 14.2 Å². The van der Waals surface area contributed by atoms with Crippen molar-refractivity contribution in [1.29, 1.82) is 0 Å². The topological polar surface area (TPSA) is 82.9 Å². The first-order chi connectivity index (χ1) is 14.2. The third kappa shape index (κ3) is 3.04. The molecule has 0 radical (unpaired) electrons. The van der Waals surface area contributed by atoms with Crippen LogP contribution in [0, 0.1) is 0 Å². The smallest absolute Gasteiger partial charge is 0.137 e. The van der Waals surface area contributed by atoms with Crippen LogP contribution in [0.5, 0.6) is 0 Å². The Balaban J connectivity index is 1.55. The summed E-state index contributed by atoms with van der Waals surface area (Å²) in [7, 11) is 0. The van der Waals surface area contributed by atoms with Crippen molar-refractivity contribution in [2.75, 3.05) is 0 Å². The molecule has 0 spiro atoms. The second-order valence-corrected chi connectivity index (χ2v) is 7.62. The van der Waals surface area contributed by atoms with Gasteiger partial charge in [0.25, 0.3) is 0 Å². The summed E-state index contributed by atoms with van der Waals surface area (Å²) in [5.41, 5.74) is 4.47. The Kier molecular flexibility index (Phi) is 4.26. The summed E-state index contributed by atoms with van der Waals surface area (Å²) in [6.07, 6.45) is 14.6. The van der Waals surface area contributed by atoms with E-state index in [0.717, 1.165) is 40.9 Å². The maximum atomic E-state index is 11.3. The lowest BCUT2D eigenvalue weighted by molar-refractivity contribution is -0.126. The lowest BCUT2D eigenvalue weighted by Crippen LogP contribution is -2.26. The molecule has 0 atom stereocenters. The van der Waals surface area contributed by atoms with E-state index < -0.39 is 0 Å². The summed E-state index contributed by atoms with van der Waals surface area (Å²) in [6.45, 7) is 4.35. The predicted molar refractivity (Wildman–Crippen MR) is 108 cm³/mol. The molecule has 4 aromatic rings. The lowest BCUT2D eigenvalue weighted by Gasteiger charge is -2.24. The van der Waals surface area contributed by atoms with Crippen molar-refractivity contribution < 1.29 is 4.79 Å². The molecule has 4 heterocycles. The normalized spacial score (nSPS) is 14.8. The summed E-state index contributed by atoms with van der Waals surface area (Å²) >= 11 is 0. The Morgan fingerprint density at radius 3 is 2.59 bits per heavy atom. The first-order valence-corrected chi connectivity index (χ1v) is 10.1. The molecule has 0 bridgehead atoms. The van der Waals surface area contributed by atoms with Crippen LogP contribution < -0.4 is 0 Å². The van der Waals surface area contributed by atoms with Gasteiger partial charge in [0.1, 0.15) is 5.78 Å². The van der Waals surface area contributed by atoms with Crippen LogP contribution in [0.3, 0.4) is 0 Å². The number of aromatic nitrogens is 7. The maximum absolute atomic E-state index is 11.3. The van der Waals surface area contributed by atoms with E-state index in [4.69, 9.17) is 4.98 Å². The zero-order chi connectivity index (χ0) is 20.0. The second-order valence-electron chi connectivity index (χ2n) is 7.62. The SMILES string of the molecule is CCC(CC)n1cc(-c2nc(-c3cnn(C4CC(=O)C4)c3)cn3nccc23)cn1. The molecule has 5 rings (SSSR count). The van der Waals surface area contributed by atoms with Gasteiger partial charge in [0.2, 0.25) is 0 Å². The number of Topliss-reactive ketones (excluding diaryl/α,β-unsaturated/α-hetero) is 1. The molecule has 29 heavy (non-hydrogen) atoms. The number of hydrogen-bond donors (Lipinski definition) is 0. The quantitative estimate of drug-likeness (QED) is 0.502. The minimum absolute atomic E-state index is 0.169. The average molecular weight is 389 g/mol. The number of fused-ring (bicyclic) bond motifs is 1. The predicted octanol–water partition coefficient (Wildman–Crippen LogP) is 3.72. The van der Waals surface area contributed by atoms with Gasteiger partial charge in [-0.25, -0.2) is 9.50 Å². The molecular formula is C21H23N7O. The average Bonchev–Trinajstić information content (AvgIpc) is 3.45. The molecule has 1 saturated carbocycles. The highest BCUT2D eigenvalue weighted by molar-refractivity contribution is 5.85. The van der Waals surface area contributed by atoms with Crippen LogP contribution in [-0.4, -0.2) is 39.9 Å². The summed E-state index contributed by atoms with van der Waals surface area (Å²) in [5, 5.41) is 13.4. The molecule has 148 valence electrons. The molecule has 8 heteroatoms. The van der Waals surface area contributed by atoms with Crippen molar-refractivity contribution in [3.8, 4) is 22.5 Å². The van der Waals surface area contributed by atoms with E-state index in [1.165, 1.54) is 0 Å². The Morgan fingerprint density at radius 2 is 1.83 bits per heavy atom. The van der Waals surface area contributed by atoms with Crippen LogP contribution in [0.2, 0.25) is 0 Å². The van der Waals surface area contributed by atoms with Gasteiger partial charge in [0, 0.05) is 36.4 Å². The summed E-state index contributed by atoms with van der Waals surface area (Å²) in [4.78, 5) is 16.2. The molecule has 4 aromatic heterocycles. The Morgan fingerprint density at radius 1 is 1.03 bits per heavy atom. The van der Waals surface area contributed by atoms with Crippen molar-refractivity contribution >= 4 is 11.3 Å². The Hall–Kier alpha value is -3.29. The van der Waals surface area contributed by atoms with Crippen molar-refractivity contribution in [2.45, 2.75) is 51.6 Å². The van der Waals surface area contributed by atoms with Gasteiger partial charge in [0.15, 0.2) is 0 Å². The highest BCUT2D eigenvalue weighted by Gasteiger charge is 2.28. The summed E-state index contributed by atoms with van der Waals surface area (Å²) in [6, 6.07) is 2.52. The van der Waals surface area contributed by atoms with Crippen LogP contribution in [0.4, 0.5) is 0 Å². The van der Waals surface area contributed by atoms with E-state index in [2.05, 4.69) is 35.3 Å². The standard InChI is InChI=1S/C21H23N7O/c1-3-16(4-2)26-12-15(10-24-26)21-20-5-6-22-28(20)13-19(25-21)14-9-23-27(11-14)17-7-18(29)8-17/h5-6,9-13,16-17H,3-4,7-8H2,1-2H3. The van der Waals surface area contributed by atoms with Crippen molar-refractivity contribution in [1.82, 2.24) is 34.2 Å². The molecule has 1 aliphatic rings. The van der Waals surface area contributed by atoms with Gasteiger partial charge in [0.05, 0.1) is 53.8 Å². The monoisotopic (exact) mass is 389 g/mol. The molecule has 0 saturated heterocycles. The van der Waals surface area contributed by atoms with Gasteiger partial charge < -0.3 is 0 Å². The third-order valence-corrected chi connectivity index (χ3v) is 5.78. The fourth-order valence-electron chi connectivity index (χ4n) is 3.92. The molecule has 0 N–H and O–H groups in total. The molecule has 1 fully saturated rings. The second kappa shape index (κ2) is 6.95. The number of carbonyl (C=O) groups is 1. The molecule has 0 unspecified atom stereocenters. The van der Waals surface area contributed by atoms with E-state index in [0.29, 0.717) is 24.7 Å². The molecule has 0 aromatic carbocycles. The zero-order valence-corrected chi connectivity index (χ0v) is 16.6. The fourth-order valence-corrected chi connectivity index (χ4v) is 3.92. The van der Waals surface area contributed by atoms with Gasteiger partial charge in [-0.05, 0) is 18.9 Å². The largest absolute Gasteiger partial charge is 0.300 e. The Bertz CT molecular complexity index is 1170. The molecule has 8 nitrogen and oxygen atoms in total. The zero-order valence-electron chi connectivity index (χ0n) is 16.6. The van der Waals surface area contributed by atoms with Crippen LogP contribution >= 0.6 is 0 Å². The first-order valence-electron chi connectivity index (χ1n) is 10.1. The van der Waals surface area contributed by atoms with E-state index >= 15 is 0 Å². The lowest BCUT2D eigenvalue weighted by atomic mass is 9.92. The summed E-state index contributed by atoms with van der Waals surface area (Å²) < 4.78 is 5.75. The minimum atomic E-state index is 0.169. The molecule has 1 aliphatic carbocycles. The number of ketones is 1. The van der Waals surface area contributed by atoms with E-state index in [-0.39, 0.29) is 6.04 Å². The molecule has 0 aliphatic heterocycles. The van der Waals surface area contributed by atoms with Crippen molar-refractivity contribution in [3.05, 3.63) is 43.2 Å². The highest BCUT2D eigenvalue weighted by atomic mass is 16.1. The minimum Gasteiger partial charge on any atom is -0.300 e. The highest BCUT2D eigenvalue weighted by Crippen LogP contribution is 2.31. The number of nitrogens with zero attached hydrogens (tertiary/aromatic N) is 7. The fraction of sp³-hybridized carbons (Fsp3) is 0.381. The van der Waals surface area contributed by atoms with Crippen molar-refractivity contribution in [2.24, 2.45) is 0 Å². The molecule has 0 amide bonds. The van der Waals surface area contributed by atoms with Crippen LogP contribution in [0.1, 0.15) is 51.6 Å². The van der Waals surface area contributed by atoms with Gasteiger partial charge in [-0.15, -0.1) is 0 Å². The maximum Gasteiger partial charge on any atom is 0.137 e. The number of carbonyl (C=O) groups excluding carboxylic acids is 1. The van der Waals surface area contributed by atoms with Gasteiger partial charge in [-0.2, -0.15) is 15.3 Å².